The van der Waals surface area contributed by atoms with Crippen molar-refractivity contribution in [2.24, 2.45) is 11.7 Å². The first-order valence-electron chi connectivity index (χ1n) is 7.60. The van der Waals surface area contributed by atoms with Crippen molar-refractivity contribution in [3.05, 3.63) is 48.0 Å². The van der Waals surface area contributed by atoms with Gasteiger partial charge in [-0.2, -0.15) is 4.98 Å². The summed E-state index contributed by atoms with van der Waals surface area (Å²) in [5.74, 6) is 2.16. The van der Waals surface area contributed by atoms with Crippen LogP contribution in [-0.2, 0) is 13.0 Å². The molecule has 0 aliphatic heterocycles. The highest BCUT2D eigenvalue weighted by atomic mass is 16.5. The minimum absolute atomic E-state index is 0.304. The van der Waals surface area contributed by atoms with E-state index in [0.717, 1.165) is 12.0 Å². The highest BCUT2D eigenvalue weighted by Crippen LogP contribution is 2.22. The van der Waals surface area contributed by atoms with E-state index in [1.807, 2.05) is 12.1 Å². The Balaban J connectivity index is 1.80. The summed E-state index contributed by atoms with van der Waals surface area (Å²) in [4.78, 5) is 12.7. The Morgan fingerprint density at radius 1 is 1.04 bits per heavy atom. The number of nitrogens with two attached hydrogens (primary N) is 1. The molecule has 6 heteroatoms. The van der Waals surface area contributed by atoms with Crippen molar-refractivity contribution in [2.75, 3.05) is 0 Å². The number of hydrogen-bond acceptors (Lipinski definition) is 6. The molecule has 2 N–H and O–H groups in total. The van der Waals surface area contributed by atoms with Crippen LogP contribution < -0.4 is 5.73 Å². The highest BCUT2D eigenvalue weighted by molar-refractivity contribution is 5.59. The van der Waals surface area contributed by atoms with Gasteiger partial charge in [0.25, 0.3) is 5.89 Å². The van der Waals surface area contributed by atoms with E-state index in [0.29, 0.717) is 35.6 Å². The molecule has 0 fully saturated rings. The molecule has 0 radical (unpaired) electrons. The van der Waals surface area contributed by atoms with Gasteiger partial charge in [0.1, 0.15) is 5.82 Å². The molecule has 0 saturated heterocycles. The van der Waals surface area contributed by atoms with Gasteiger partial charge in [-0.1, -0.05) is 43.3 Å². The largest absolute Gasteiger partial charge is 0.333 e. The third-order valence-electron chi connectivity index (χ3n) is 3.42. The minimum atomic E-state index is 0.304. The lowest BCUT2D eigenvalue weighted by Gasteiger charge is -2.04. The average molecular weight is 309 g/mol. The molecule has 0 unspecified atom stereocenters. The Morgan fingerprint density at radius 2 is 1.74 bits per heavy atom. The van der Waals surface area contributed by atoms with E-state index in [9.17, 15) is 0 Å². The second-order valence-electron chi connectivity index (χ2n) is 5.81. The van der Waals surface area contributed by atoms with Crippen LogP contribution in [0.3, 0.4) is 0 Å². The van der Waals surface area contributed by atoms with Crippen molar-refractivity contribution >= 4 is 0 Å². The molecule has 118 valence electrons. The number of rotatable bonds is 5. The molecular weight excluding hydrogens is 290 g/mol. The summed E-state index contributed by atoms with van der Waals surface area (Å²) >= 11 is 0. The molecule has 0 amide bonds. The molecular formula is C17H19N5O. The lowest BCUT2D eigenvalue weighted by molar-refractivity contribution is 0.432. The maximum Gasteiger partial charge on any atom is 0.261 e. The van der Waals surface area contributed by atoms with Crippen molar-refractivity contribution in [3.63, 3.8) is 0 Å². The molecule has 3 rings (SSSR count). The zero-order valence-corrected chi connectivity index (χ0v) is 13.2. The second-order valence-corrected chi connectivity index (χ2v) is 5.81. The van der Waals surface area contributed by atoms with Crippen LogP contribution in [0.4, 0.5) is 0 Å². The molecule has 0 spiro atoms. The van der Waals surface area contributed by atoms with Crippen LogP contribution in [0.5, 0.6) is 0 Å². The lowest BCUT2D eigenvalue weighted by atomic mass is 10.0. The van der Waals surface area contributed by atoms with E-state index >= 15 is 0 Å². The van der Waals surface area contributed by atoms with Crippen LogP contribution in [0.25, 0.3) is 22.8 Å². The van der Waals surface area contributed by atoms with Gasteiger partial charge in [-0.25, -0.2) is 9.97 Å². The molecule has 0 saturated carbocycles. The zero-order valence-electron chi connectivity index (χ0n) is 13.2. The molecule has 0 aliphatic rings. The van der Waals surface area contributed by atoms with Gasteiger partial charge in [0.05, 0.1) is 12.1 Å². The van der Waals surface area contributed by atoms with E-state index < -0.39 is 0 Å². The van der Waals surface area contributed by atoms with Gasteiger partial charge in [0.15, 0.2) is 0 Å². The fraction of sp³-hybridized carbons (Fsp3) is 0.294. The van der Waals surface area contributed by atoms with E-state index in [-0.39, 0.29) is 0 Å². The van der Waals surface area contributed by atoms with Gasteiger partial charge in [-0.05, 0) is 17.9 Å². The Hall–Kier alpha value is -2.60. The molecule has 1 aromatic carbocycles. The fourth-order valence-corrected chi connectivity index (χ4v) is 2.29. The summed E-state index contributed by atoms with van der Waals surface area (Å²) in [6, 6.07) is 8.23. The maximum absolute atomic E-state index is 5.48. The van der Waals surface area contributed by atoms with Gasteiger partial charge in [0.2, 0.25) is 5.82 Å². The van der Waals surface area contributed by atoms with Crippen molar-refractivity contribution in [1.29, 1.82) is 0 Å². The Kier molecular flexibility index (Phi) is 4.43. The first-order valence-corrected chi connectivity index (χ1v) is 7.60. The molecule has 6 nitrogen and oxygen atoms in total. The van der Waals surface area contributed by atoms with Crippen LogP contribution in [0.2, 0.25) is 0 Å². The SMILES string of the molecule is CC(C)Cc1ccc(-c2noc(-c3cnc(CN)nc3)n2)cc1. The van der Waals surface area contributed by atoms with Gasteiger partial charge >= 0.3 is 0 Å². The van der Waals surface area contributed by atoms with Crippen molar-refractivity contribution in [2.45, 2.75) is 26.8 Å². The van der Waals surface area contributed by atoms with Gasteiger partial charge in [-0.15, -0.1) is 0 Å². The van der Waals surface area contributed by atoms with E-state index in [2.05, 4.69) is 46.1 Å². The van der Waals surface area contributed by atoms with Crippen molar-refractivity contribution < 1.29 is 4.52 Å². The second kappa shape index (κ2) is 6.66. The summed E-state index contributed by atoms with van der Waals surface area (Å²) in [5, 5.41) is 4.03. The molecule has 2 heterocycles. The molecule has 2 aromatic heterocycles. The van der Waals surface area contributed by atoms with Gasteiger partial charge < -0.3 is 10.3 Å². The standard InChI is InChI=1S/C17H19N5O/c1-11(2)7-12-3-5-13(6-4-12)16-21-17(23-22-16)14-9-19-15(8-18)20-10-14/h3-6,9-11H,7-8,18H2,1-2H3. The van der Waals surface area contributed by atoms with Crippen LogP contribution >= 0.6 is 0 Å². The number of hydrogen-bond donors (Lipinski definition) is 1. The summed E-state index contributed by atoms with van der Waals surface area (Å²) < 4.78 is 5.30. The third kappa shape index (κ3) is 3.60. The quantitative estimate of drug-likeness (QED) is 0.779. The average Bonchev–Trinajstić information content (AvgIpc) is 3.05. The number of benzene rings is 1. The topological polar surface area (TPSA) is 90.7 Å². The Bertz CT molecular complexity index is 762. The maximum atomic E-state index is 5.48. The fourth-order valence-electron chi connectivity index (χ4n) is 2.29. The van der Waals surface area contributed by atoms with Crippen LogP contribution in [-0.4, -0.2) is 20.1 Å². The normalized spacial score (nSPS) is 11.1. The zero-order chi connectivity index (χ0) is 16.2. The Morgan fingerprint density at radius 3 is 2.35 bits per heavy atom. The highest BCUT2D eigenvalue weighted by Gasteiger charge is 2.11. The summed E-state index contributed by atoms with van der Waals surface area (Å²) in [6.07, 6.45) is 4.33. The van der Waals surface area contributed by atoms with Crippen molar-refractivity contribution in [3.8, 4) is 22.8 Å². The smallest absolute Gasteiger partial charge is 0.261 e. The predicted octanol–water partition coefficient (Wildman–Crippen LogP) is 2.85. The summed E-state index contributed by atoms with van der Waals surface area (Å²) in [7, 11) is 0. The predicted molar refractivity (Wildman–Crippen MR) is 87.2 cm³/mol. The van der Waals surface area contributed by atoms with Crippen LogP contribution in [0.15, 0.2) is 41.2 Å². The van der Waals surface area contributed by atoms with E-state index in [1.54, 1.807) is 12.4 Å². The molecule has 23 heavy (non-hydrogen) atoms. The molecule has 0 atom stereocenters. The van der Waals surface area contributed by atoms with Gasteiger partial charge in [-0.3, -0.25) is 0 Å². The van der Waals surface area contributed by atoms with Crippen LogP contribution in [0, 0.1) is 5.92 Å². The third-order valence-corrected chi connectivity index (χ3v) is 3.42. The first-order chi connectivity index (χ1) is 11.2. The molecule has 0 bridgehead atoms. The lowest BCUT2D eigenvalue weighted by Crippen LogP contribution is -2.02. The van der Waals surface area contributed by atoms with Crippen molar-refractivity contribution in [1.82, 2.24) is 20.1 Å². The van der Waals surface area contributed by atoms with Crippen LogP contribution in [0.1, 0.15) is 25.2 Å². The summed E-state index contributed by atoms with van der Waals surface area (Å²) in [5.41, 5.74) is 8.39. The first kappa shape index (κ1) is 15.3. The Labute approximate surface area is 134 Å². The summed E-state index contributed by atoms with van der Waals surface area (Å²) in [6.45, 7) is 4.72. The van der Waals surface area contributed by atoms with Gasteiger partial charge in [0, 0.05) is 18.0 Å². The minimum Gasteiger partial charge on any atom is -0.333 e. The number of aromatic nitrogens is 4. The van der Waals surface area contributed by atoms with E-state index in [4.69, 9.17) is 10.3 Å². The van der Waals surface area contributed by atoms with E-state index in [1.165, 1.54) is 5.56 Å². The number of nitrogens with zero attached hydrogens (tertiary/aromatic N) is 4. The molecule has 3 aromatic rings. The monoisotopic (exact) mass is 309 g/mol. The molecule has 0 aliphatic carbocycles.